The molecule has 0 aliphatic rings. The lowest BCUT2D eigenvalue weighted by atomic mass is 10.5. The van der Waals surface area contributed by atoms with Gasteiger partial charge in [0.15, 0.2) is 0 Å². The van der Waals surface area contributed by atoms with Gasteiger partial charge in [-0.2, -0.15) is 0 Å². The maximum atomic E-state index is 6.87. The Kier molecular flexibility index (Phi) is 1.58. The van der Waals surface area contributed by atoms with Crippen LogP contribution in [0, 0.1) is 0 Å². The smallest absolute Gasteiger partial charge is 0.124 e. The zero-order chi connectivity index (χ0) is 10.1. The van der Waals surface area contributed by atoms with Crippen molar-refractivity contribution < 1.29 is 8.85 Å². The second kappa shape index (κ2) is 3.34. The quantitative estimate of drug-likeness (QED) is 0.732. The Hall–Kier alpha value is -0.0900. The molecular formula is C6H5Br2NO. The van der Waals surface area contributed by atoms with E-state index >= 15 is 0 Å². The van der Waals surface area contributed by atoms with E-state index in [4.69, 9.17) is 4.11 Å². The second-order valence-corrected chi connectivity index (χ2v) is 3.18. The fourth-order valence-corrected chi connectivity index (χ4v) is 1.57. The maximum absolute atomic E-state index is 6.87. The van der Waals surface area contributed by atoms with Crippen molar-refractivity contribution in [2.45, 2.75) is 0 Å². The molecule has 1 rings (SSSR count). The van der Waals surface area contributed by atoms with Crippen LogP contribution in [0.4, 0.5) is 0 Å². The summed E-state index contributed by atoms with van der Waals surface area (Å²) < 4.78 is 26.3. The largest absolute Gasteiger partial charge is 0.497 e. The van der Waals surface area contributed by atoms with E-state index in [9.17, 15) is 0 Å². The molecule has 0 amide bonds. The fraction of sp³-hybridized carbons (Fsp3) is 0.167. The van der Waals surface area contributed by atoms with Crippen molar-refractivity contribution in [2.24, 2.45) is 0 Å². The molecule has 0 atom stereocenters. The number of halogens is 2. The third-order valence-corrected chi connectivity index (χ3v) is 1.67. The highest BCUT2D eigenvalue weighted by Gasteiger charge is 1.96. The third-order valence-electron chi connectivity index (χ3n) is 0.854. The van der Waals surface area contributed by atoms with Gasteiger partial charge in [0.1, 0.15) is 15.0 Å². The van der Waals surface area contributed by atoms with Gasteiger partial charge in [-0.15, -0.1) is 0 Å². The van der Waals surface area contributed by atoms with Crippen molar-refractivity contribution in [3.05, 3.63) is 21.3 Å². The Balaban J connectivity index is 2.90. The molecule has 0 fully saturated rings. The molecule has 4 heteroatoms. The van der Waals surface area contributed by atoms with Crippen LogP contribution in [0.2, 0.25) is 0 Å². The molecule has 54 valence electrons. The summed E-state index contributed by atoms with van der Waals surface area (Å²) in [6, 6.07) is 2.97. The van der Waals surface area contributed by atoms with Crippen LogP contribution in [0.3, 0.4) is 0 Å². The molecule has 0 saturated heterocycles. The number of rotatable bonds is 1. The van der Waals surface area contributed by atoms with E-state index in [1.54, 1.807) is 0 Å². The van der Waals surface area contributed by atoms with E-state index in [-0.39, 0.29) is 5.75 Å². The summed E-state index contributed by atoms with van der Waals surface area (Å²) >= 11 is 6.23. The molecule has 1 aromatic rings. The van der Waals surface area contributed by atoms with Crippen LogP contribution in [0.1, 0.15) is 4.11 Å². The standard InChI is InChI=1S/C6H5Br2NO/c1-10-4-2-5(7)9-6(8)3-4/h2-3H,1H3/i1D3. The van der Waals surface area contributed by atoms with Gasteiger partial charge in [0.25, 0.3) is 0 Å². The lowest BCUT2D eigenvalue weighted by molar-refractivity contribution is 0.413. The second-order valence-electron chi connectivity index (χ2n) is 1.55. The van der Waals surface area contributed by atoms with Gasteiger partial charge in [0.2, 0.25) is 0 Å². The molecule has 1 aromatic heterocycles. The highest BCUT2D eigenvalue weighted by molar-refractivity contribution is 9.11. The van der Waals surface area contributed by atoms with Crippen molar-refractivity contribution in [2.75, 3.05) is 7.04 Å². The minimum Gasteiger partial charge on any atom is -0.497 e. The predicted molar refractivity (Wildman–Crippen MR) is 46.2 cm³/mol. The molecule has 0 unspecified atom stereocenters. The first kappa shape index (κ1) is 4.72. The first-order valence-corrected chi connectivity index (χ1v) is 3.97. The van der Waals surface area contributed by atoms with E-state index in [1.165, 1.54) is 12.1 Å². The Morgan fingerprint density at radius 2 is 2.10 bits per heavy atom. The Bertz CT molecular complexity index is 295. The maximum Gasteiger partial charge on any atom is 0.124 e. The molecule has 0 bridgehead atoms. The van der Waals surface area contributed by atoms with Gasteiger partial charge >= 0.3 is 0 Å². The molecule has 0 N–H and O–H groups in total. The molecular weight excluding hydrogens is 262 g/mol. The molecule has 1 heterocycles. The predicted octanol–water partition coefficient (Wildman–Crippen LogP) is 2.62. The van der Waals surface area contributed by atoms with Crippen LogP contribution in [0.25, 0.3) is 0 Å². The van der Waals surface area contributed by atoms with E-state index in [0.29, 0.717) is 9.21 Å². The third kappa shape index (κ3) is 1.95. The average molecular weight is 270 g/mol. The molecule has 0 aromatic carbocycles. The van der Waals surface area contributed by atoms with Crippen molar-refractivity contribution in [3.63, 3.8) is 0 Å². The normalized spacial score (nSPS) is 15.2. The van der Waals surface area contributed by atoms with Crippen LogP contribution >= 0.6 is 31.9 Å². The van der Waals surface area contributed by atoms with Crippen LogP contribution < -0.4 is 4.74 Å². The minimum atomic E-state index is -2.43. The summed E-state index contributed by atoms with van der Waals surface area (Å²) in [5, 5.41) is 0. The first-order chi connectivity index (χ1) is 5.87. The SMILES string of the molecule is [2H]C([2H])([2H])Oc1cc(Br)nc(Br)c1. The number of pyridine rings is 1. The van der Waals surface area contributed by atoms with Gasteiger partial charge in [-0.05, 0) is 31.9 Å². The van der Waals surface area contributed by atoms with Crippen molar-refractivity contribution in [3.8, 4) is 5.75 Å². The highest BCUT2D eigenvalue weighted by atomic mass is 79.9. The Labute approximate surface area is 80.1 Å². The topological polar surface area (TPSA) is 22.1 Å². The molecule has 10 heavy (non-hydrogen) atoms. The van der Waals surface area contributed by atoms with Gasteiger partial charge < -0.3 is 4.74 Å². The van der Waals surface area contributed by atoms with Crippen molar-refractivity contribution >= 4 is 31.9 Å². The van der Waals surface area contributed by atoms with E-state index in [1.807, 2.05) is 0 Å². The number of aromatic nitrogens is 1. The zero-order valence-corrected chi connectivity index (χ0v) is 7.94. The molecule has 2 nitrogen and oxygen atoms in total. The van der Waals surface area contributed by atoms with Gasteiger partial charge in [-0.25, -0.2) is 4.98 Å². The number of hydrogen-bond donors (Lipinski definition) is 0. The van der Waals surface area contributed by atoms with Crippen molar-refractivity contribution in [1.82, 2.24) is 4.98 Å². The zero-order valence-electron chi connectivity index (χ0n) is 7.77. The summed E-state index contributed by atoms with van der Waals surface area (Å²) in [6.45, 7) is 0. The van der Waals surface area contributed by atoms with Gasteiger partial charge in [0.05, 0.1) is 11.2 Å². The summed E-state index contributed by atoms with van der Waals surface area (Å²) in [6.07, 6.45) is 0. The van der Waals surface area contributed by atoms with Crippen molar-refractivity contribution in [1.29, 1.82) is 0 Å². The van der Waals surface area contributed by atoms with E-state index in [2.05, 4.69) is 41.6 Å². The molecule has 0 spiro atoms. The van der Waals surface area contributed by atoms with Crippen LogP contribution in [-0.4, -0.2) is 12.0 Å². The average Bonchev–Trinajstić information content (AvgIpc) is 1.78. The van der Waals surface area contributed by atoms with Gasteiger partial charge in [-0.3, -0.25) is 0 Å². The van der Waals surface area contributed by atoms with Crippen LogP contribution in [0.15, 0.2) is 21.3 Å². The lowest BCUT2D eigenvalue weighted by Crippen LogP contribution is -1.84. The van der Waals surface area contributed by atoms with Gasteiger partial charge in [-0.1, -0.05) is 0 Å². The molecule has 0 aliphatic heterocycles. The van der Waals surface area contributed by atoms with E-state index < -0.39 is 7.04 Å². The number of ether oxygens (including phenoxy) is 1. The van der Waals surface area contributed by atoms with E-state index in [0.717, 1.165) is 0 Å². The molecule has 0 aliphatic carbocycles. The number of hydrogen-bond acceptors (Lipinski definition) is 2. The molecule has 0 saturated carbocycles. The summed E-state index contributed by atoms with van der Waals surface area (Å²) in [5.41, 5.74) is 0. The summed E-state index contributed by atoms with van der Waals surface area (Å²) in [5.74, 6) is 0.244. The van der Waals surface area contributed by atoms with Gasteiger partial charge in [0, 0.05) is 12.1 Å². The summed E-state index contributed by atoms with van der Waals surface area (Å²) in [4.78, 5) is 3.93. The first-order valence-electron chi connectivity index (χ1n) is 3.89. The number of methoxy groups -OCH3 is 1. The minimum absolute atomic E-state index is 0.244. The summed E-state index contributed by atoms with van der Waals surface area (Å²) in [7, 11) is -2.43. The monoisotopic (exact) mass is 268 g/mol. The Morgan fingerprint density at radius 3 is 2.60 bits per heavy atom. The Morgan fingerprint density at radius 1 is 1.50 bits per heavy atom. The fourth-order valence-electron chi connectivity index (χ4n) is 0.502. The van der Waals surface area contributed by atoms with Crippen LogP contribution in [-0.2, 0) is 0 Å². The van der Waals surface area contributed by atoms with Crippen LogP contribution in [0.5, 0.6) is 5.75 Å². The number of nitrogens with zero attached hydrogens (tertiary/aromatic N) is 1. The highest BCUT2D eigenvalue weighted by Crippen LogP contribution is 2.20. The molecule has 0 radical (unpaired) electrons. The lowest BCUT2D eigenvalue weighted by Gasteiger charge is -1.99.